The summed E-state index contributed by atoms with van der Waals surface area (Å²) in [4.78, 5) is 22.3. The van der Waals surface area contributed by atoms with Crippen LogP contribution in [-0.2, 0) is 4.79 Å². The second-order valence-electron chi connectivity index (χ2n) is 4.80. The van der Waals surface area contributed by atoms with Gasteiger partial charge in [-0.3, -0.25) is 0 Å². The van der Waals surface area contributed by atoms with Crippen molar-refractivity contribution in [1.82, 2.24) is 10.6 Å². The van der Waals surface area contributed by atoms with E-state index in [0.717, 1.165) is 6.42 Å². The molecule has 110 valence electrons. The highest BCUT2D eigenvalue weighted by atomic mass is 16.4. The number of urea groups is 1. The fourth-order valence-corrected chi connectivity index (χ4v) is 1.90. The number of amides is 2. The van der Waals surface area contributed by atoms with Gasteiger partial charge in [0, 0.05) is 6.54 Å². The molecule has 0 saturated carbocycles. The van der Waals surface area contributed by atoms with Gasteiger partial charge in [-0.1, -0.05) is 44.2 Å². The number of carboxylic acids is 1. The van der Waals surface area contributed by atoms with Gasteiger partial charge >= 0.3 is 12.0 Å². The Morgan fingerprint density at radius 2 is 1.90 bits per heavy atom. The normalized spacial score (nSPS) is 13.3. The molecule has 1 rings (SSSR count). The second kappa shape index (κ2) is 8.19. The number of hydrogen-bond donors (Lipinski definition) is 3. The van der Waals surface area contributed by atoms with Crippen molar-refractivity contribution < 1.29 is 14.7 Å². The van der Waals surface area contributed by atoms with Gasteiger partial charge in [-0.2, -0.15) is 0 Å². The Morgan fingerprint density at radius 1 is 1.25 bits per heavy atom. The van der Waals surface area contributed by atoms with E-state index in [4.69, 9.17) is 5.11 Å². The van der Waals surface area contributed by atoms with Gasteiger partial charge in [-0.05, 0) is 24.3 Å². The molecule has 0 bridgehead atoms. The third-order valence-corrected chi connectivity index (χ3v) is 3.24. The number of carboxylic acid groups (broad SMARTS) is 1. The quantitative estimate of drug-likeness (QED) is 0.716. The van der Waals surface area contributed by atoms with Gasteiger partial charge in [0.2, 0.25) is 0 Å². The molecule has 1 aromatic carbocycles. The number of aliphatic carboxylic acids is 1. The predicted octanol–water partition coefficient (Wildman–Crippen LogP) is 2.34. The Kier molecular flexibility index (Phi) is 6.56. The Bertz CT molecular complexity index is 434. The van der Waals surface area contributed by atoms with Crippen molar-refractivity contribution in [3.63, 3.8) is 0 Å². The van der Waals surface area contributed by atoms with E-state index in [0.29, 0.717) is 18.9 Å². The molecule has 1 unspecified atom stereocenters. The maximum Gasteiger partial charge on any atom is 0.326 e. The van der Waals surface area contributed by atoms with Crippen molar-refractivity contribution in [3.8, 4) is 0 Å². The van der Waals surface area contributed by atoms with Crippen LogP contribution in [0.25, 0.3) is 0 Å². The Balaban J connectivity index is 2.30. The van der Waals surface area contributed by atoms with Crippen LogP contribution in [0.5, 0.6) is 0 Å². The summed E-state index contributed by atoms with van der Waals surface area (Å²) in [5.41, 5.74) is 1.23. The average molecular weight is 278 g/mol. The zero-order chi connectivity index (χ0) is 15.0. The lowest BCUT2D eigenvalue weighted by atomic mass is 9.98. The van der Waals surface area contributed by atoms with Crippen LogP contribution < -0.4 is 10.6 Å². The van der Waals surface area contributed by atoms with Gasteiger partial charge in [0.1, 0.15) is 6.04 Å². The number of carbonyl (C=O) groups excluding carboxylic acids is 1. The first kappa shape index (κ1) is 16.0. The summed E-state index contributed by atoms with van der Waals surface area (Å²) in [6.45, 7) is 4.33. The van der Waals surface area contributed by atoms with Crippen molar-refractivity contribution >= 4 is 12.0 Å². The molecule has 0 aromatic heterocycles. The number of nitrogens with one attached hydrogen (secondary N) is 2. The Morgan fingerprint density at radius 3 is 2.45 bits per heavy atom. The first-order valence-corrected chi connectivity index (χ1v) is 6.86. The zero-order valence-electron chi connectivity index (χ0n) is 11.9. The predicted molar refractivity (Wildman–Crippen MR) is 77.7 cm³/mol. The molecule has 2 amide bonds. The SMILES string of the molecule is CC[C@H](NC(=O)NCCC(C)c1ccccc1)C(=O)O. The highest BCUT2D eigenvalue weighted by Gasteiger charge is 2.17. The molecule has 5 heteroatoms. The molecule has 0 aliphatic rings. The van der Waals surface area contributed by atoms with Crippen molar-refractivity contribution in [2.45, 2.75) is 38.6 Å². The minimum absolute atomic E-state index is 0.345. The van der Waals surface area contributed by atoms with Crippen molar-refractivity contribution in [1.29, 1.82) is 0 Å². The van der Waals surface area contributed by atoms with E-state index < -0.39 is 18.0 Å². The summed E-state index contributed by atoms with van der Waals surface area (Å²) in [6, 6.07) is 8.81. The first-order valence-electron chi connectivity index (χ1n) is 6.86. The highest BCUT2D eigenvalue weighted by molar-refractivity contribution is 5.82. The summed E-state index contributed by atoms with van der Waals surface area (Å²) in [5, 5.41) is 14.0. The maximum absolute atomic E-state index is 11.5. The third-order valence-electron chi connectivity index (χ3n) is 3.24. The summed E-state index contributed by atoms with van der Waals surface area (Å²) in [6.07, 6.45) is 1.17. The highest BCUT2D eigenvalue weighted by Crippen LogP contribution is 2.17. The minimum atomic E-state index is -1.01. The summed E-state index contributed by atoms with van der Waals surface area (Å²) >= 11 is 0. The first-order chi connectivity index (χ1) is 9.54. The van der Waals surface area contributed by atoms with Crippen LogP contribution in [0.2, 0.25) is 0 Å². The smallest absolute Gasteiger partial charge is 0.326 e. The summed E-state index contributed by atoms with van der Waals surface area (Å²) < 4.78 is 0. The van der Waals surface area contributed by atoms with Gasteiger partial charge in [0.15, 0.2) is 0 Å². The number of rotatable bonds is 7. The standard InChI is InChI=1S/C15H22N2O3/c1-3-13(14(18)19)17-15(20)16-10-9-11(2)12-7-5-4-6-8-12/h4-8,11,13H,3,9-10H2,1-2H3,(H,18,19)(H2,16,17,20)/t11?,13-/m0/s1. The van der Waals surface area contributed by atoms with Crippen LogP contribution in [0.4, 0.5) is 4.79 Å². The average Bonchev–Trinajstić information content (AvgIpc) is 2.45. The molecule has 20 heavy (non-hydrogen) atoms. The van der Waals surface area contributed by atoms with E-state index in [2.05, 4.69) is 29.7 Å². The van der Waals surface area contributed by atoms with E-state index in [1.807, 2.05) is 18.2 Å². The third kappa shape index (κ3) is 5.30. The van der Waals surface area contributed by atoms with E-state index in [-0.39, 0.29) is 0 Å². The van der Waals surface area contributed by atoms with Gasteiger partial charge in [-0.25, -0.2) is 9.59 Å². The Hall–Kier alpha value is -2.04. The zero-order valence-corrected chi connectivity index (χ0v) is 11.9. The minimum Gasteiger partial charge on any atom is -0.480 e. The molecular formula is C15H22N2O3. The molecule has 3 N–H and O–H groups in total. The van der Waals surface area contributed by atoms with E-state index in [9.17, 15) is 9.59 Å². The molecule has 0 saturated heterocycles. The topological polar surface area (TPSA) is 78.4 Å². The maximum atomic E-state index is 11.5. The van der Waals surface area contributed by atoms with Crippen molar-refractivity contribution in [2.24, 2.45) is 0 Å². The van der Waals surface area contributed by atoms with Crippen molar-refractivity contribution in [3.05, 3.63) is 35.9 Å². The fourth-order valence-electron chi connectivity index (χ4n) is 1.90. The van der Waals surface area contributed by atoms with Gasteiger partial charge < -0.3 is 15.7 Å². The van der Waals surface area contributed by atoms with Crippen LogP contribution >= 0.6 is 0 Å². The molecule has 0 aliphatic heterocycles. The van der Waals surface area contributed by atoms with Crippen LogP contribution in [0.3, 0.4) is 0 Å². The lowest BCUT2D eigenvalue weighted by Gasteiger charge is -2.15. The van der Waals surface area contributed by atoms with E-state index in [1.54, 1.807) is 6.92 Å². The summed E-state index contributed by atoms with van der Waals surface area (Å²) in [5.74, 6) is -0.668. The van der Waals surface area contributed by atoms with E-state index >= 15 is 0 Å². The molecule has 0 aliphatic carbocycles. The molecule has 0 spiro atoms. The second-order valence-corrected chi connectivity index (χ2v) is 4.80. The van der Waals surface area contributed by atoms with Gasteiger partial charge in [0.25, 0.3) is 0 Å². The summed E-state index contributed by atoms with van der Waals surface area (Å²) in [7, 11) is 0. The molecule has 5 nitrogen and oxygen atoms in total. The van der Waals surface area contributed by atoms with Crippen molar-refractivity contribution in [2.75, 3.05) is 6.54 Å². The van der Waals surface area contributed by atoms with Gasteiger partial charge in [0.05, 0.1) is 0 Å². The fraction of sp³-hybridized carbons (Fsp3) is 0.467. The lowest BCUT2D eigenvalue weighted by Crippen LogP contribution is -2.45. The number of hydrogen-bond acceptors (Lipinski definition) is 2. The van der Waals surface area contributed by atoms with Gasteiger partial charge in [-0.15, -0.1) is 0 Å². The monoisotopic (exact) mass is 278 g/mol. The molecule has 2 atom stereocenters. The molecule has 0 fully saturated rings. The van der Waals surface area contributed by atoms with Crippen LogP contribution in [-0.4, -0.2) is 29.7 Å². The molecular weight excluding hydrogens is 256 g/mol. The Labute approximate surface area is 119 Å². The van der Waals surface area contributed by atoms with E-state index in [1.165, 1.54) is 5.56 Å². The largest absolute Gasteiger partial charge is 0.480 e. The number of carbonyl (C=O) groups is 2. The molecule has 0 radical (unpaired) electrons. The molecule has 0 heterocycles. The number of benzene rings is 1. The van der Waals surface area contributed by atoms with Crippen LogP contribution in [0.15, 0.2) is 30.3 Å². The lowest BCUT2D eigenvalue weighted by molar-refractivity contribution is -0.139. The molecule has 1 aromatic rings. The van der Waals surface area contributed by atoms with Crippen LogP contribution in [0.1, 0.15) is 38.2 Å². The van der Waals surface area contributed by atoms with Crippen LogP contribution in [0, 0.1) is 0 Å².